The van der Waals surface area contributed by atoms with E-state index in [1.165, 1.54) is 4.57 Å². The zero-order valence-electron chi connectivity index (χ0n) is 16.0. The molecule has 3 aromatic rings. The number of aliphatic hydroxyl groups excluding tert-OH is 1. The number of hydrogen-bond acceptors (Lipinski definition) is 6. The maximum absolute atomic E-state index is 13.1. The van der Waals surface area contributed by atoms with Crippen LogP contribution in [-0.4, -0.2) is 43.8 Å². The molecule has 3 heterocycles. The number of hydrogen-bond donors (Lipinski definition) is 1. The van der Waals surface area contributed by atoms with Gasteiger partial charge in [0.1, 0.15) is 11.6 Å². The number of amides is 1. The van der Waals surface area contributed by atoms with Crippen molar-refractivity contribution in [1.29, 1.82) is 0 Å². The van der Waals surface area contributed by atoms with Crippen molar-refractivity contribution in [2.24, 2.45) is 0 Å². The molecule has 0 spiro atoms. The molecule has 1 aromatic carbocycles. The van der Waals surface area contributed by atoms with Crippen molar-refractivity contribution in [3.63, 3.8) is 0 Å². The molecule has 1 aliphatic carbocycles. The molecule has 0 bridgehead atoms. The van der Waals surface area contributed by atoms with Crippen molar-refractivity contribution < 1.29 is 14.4 Å². The monoisotopic (exact) mass is 394 g/mol. The average Bonchev–Trinajstić information content (AvgIpc) is 3.27. The van der Waals surface area contributed by atoms with Gasteiger partial charge in [0.05, 0.1) is 30.1 Å². The van der Waals surface area contributed by atoms with Crippen LogP contribution in [0.2, 0.25) is 0 Å². The number of aliphatic hydroxyl groups is 1. The van der Waals surface area contributed by atoms with Crippen LogP contribution in [0.15, 0.2) is 39.6 Å². The smallest absolute Gasteiger partial charge is 0.276 e. The Kier molecular flexibility index (Phi) is 4.43. The maximum Gasteiger partial charge on any atom is 0.276 e. The van der Waals surface area contributed by atoms with Gasteiger partial charge in [-0.3, -0.25) is 14.2 Å². The summed E-state index contributed by atoms with van der Waals surface area (Å²) in [5.41, 5.74) is 0.700. The highest BCUT2D eigenvalue weighted by molar-refractivity contribution is 5.92. The van der Waals surface area contributed by atoms with E-state index in [2.05, 4.69) is 5.16 Å². The molecule has 1 saturated heterocycles. The first kappa shape index (κ1) is 18.1. The summed E-state index contributed by atoms with van der Waals surface area (Å²) >= 11 is 0. The highest BCUT2D eigenvalue weighted by Crippen LogP contribution is 2.40. The molecule has 150 valence electrons. The summed E-state index contributed by atoms with van der Waals surface area (Å²) in [6, 6.07) is 8.55. The second-order valence-electron chi connectivity index (χ2n) is 7.71. The lowest BCUT2D eigenvalue weighted by molar-refractivity contribution is 0.0715. The third-order valence-electron chi connectivity index (χ3n) is 5.75. The minimum atomic E-state index is -0.340. The van der Waals surface area contributed by atoms with Gasteiger partial charge in [-0.25, -0.2) is 4.98 Å². The molecule has 0 radical (unpaired) electrons. The fourth-order valence-electron chi connectivity index (χ4n) is 4.13. The van der Waals surface area contributed by atoms with Gasteiger partial charge in [-0.15, -0.1) is 0 Å². The van der Waals surface area contributed by atoms with E-state index in [4.69, 9.17) is 9.51 Å². The van der Waals surface area contributed by atoms with Gasteiger partial charge in [0.15, 0.2) is 5.69 Å². The predicted octanol–water partition coefficient (Wildman–Crippen LogP) is 2.23. The zero-order chi connectivity index (χ0) is 20.0. The fourth-order valence-corrected chi connectivity index (χ4v) is 4.13. The number of benzene rings is 1. The van der Waals surface area contributed by atoms with Gasteiger partial charge in [-0.05, 0) is 37.8 Å². The third kappa shape index (κ3) is 3.13. The van der Waals surface area contributed by atoms with Crippen LogP contribution in [0.3, 0.4) is 0 Å². The SMILES string of the molecule is O=C(c1cc(C2CC2)on1)N1CCCC1c1nc2ccccc2c(=O)n1CCO. The second kappa shape index (κ2) is 7.11. The molecule has 8 nitrogen and oxygen atoms in total. The van der Waals surface area contributed by atoms with Gasteiger partial charge < -0.3 is 14.5 Å². The molecule has 2 aromatic heterocycles. The average molecular weight is 394 g/mol. The first-order chi connectivity index (χ1) is 14.2. The molecule has 1 saturated carbocycles. The summed E-state index contributed by atoms with van der Waals surface area (Å²) < 4.78 is 6.84. The van der Waals surface area contributed by atoms with Crippen LogP contribution in [0, 0.1) is 0 Å². The summed E-state index contributed by atoms with van der Waals surface area (Å²) in [6.07, 6.45) is 3.66. The summed E-state index contributed by atoms with van der Waals surface area (Å²) in [6.45, 7) is 0.527. The zero-order valence-corrected chi connectivity index (χ0v) is 16.0. The standard InChI is InChI=1S/C21H22N4O4/c26-11-10-25-19(22-15-5-2-1-4-14(15)20(25)27)17-6-3-9-24(17)21(28)16-12-18(29-23-16)13-7-8-13/h1-2,4-5,12-13,17,26H,3,6-11H2. The van der Waals surface area contributed by atoms with E-state index in [0.717, 1.165) is 25.0 Å². The molecule has 2 fully saturated rings. The summed E-state index contributed by atoms with van der Waals surface area (Å²) in [5, 5.41) is 14.0. The van der Waals surface area contributed by atoms with Crippen LogP contribution >= 0.6 is 0 Å². The Balaban J connectivity index is 1.54. The third-order valence-corrected chi connectivity index (χ3v) is 5.75. The number of carbonyl (C=O) groups is 1. The highest BCUT2D eigenvalue weighted by atomic mass is 16.5. The van der Waals surface area contributed by atoms with Crippen LogP contribution < -0.4 is 5.56 Å². The number of aromatic nitrogens is 3. The van der Waals surface area contributed by atoms with E-state index in [1.807, 2.05) is 6.07 Å². The fraction of sp³-hybridized carbons (Fsp3) is 0.429. The number of rotatable bonds is 5. The molecule has 2 aliphatic rings. The van der Waals surface area contributed by atoms with Gasteiger partial charge in [0, 0.05) is 18.5 Å². The van der Waals surface area contributed by atoms with Crippen LogP contribution in [-0.2, 0) is 6.54 Å². The minimum Gasteiger partial charge on any atom is -0.395 e. The molecular formula is C21H22N4O4. The van der Waals surface area contributed by atoms with Crippen LogP contribution in [0.1, 0.15) is 59.7 Å². The molecule has 8 heteroatoms. The number of fused-ring (bicyclic) bond motifs is 1. The minimum absolute atomic E-state index is 0.139. The van der Waals surface area contributed by atoms with Crippen molar-refractivity contribution in [1.82, 2.24) is 19.6 Å². The van der Waals surface area contributed by atoms with E-state index >= 15 is 0 Å². The van der Waals surface area contributed by atoms with Crippen LogP contribution in [0.4, 0.5) is 0 Å². The number of para-hydroxylation sites is 1. The first-order valence-corrected chi connectivity index (χ1v) is 10.1. The lowest BCUT2D eigenvalue weighted by Crippen LogP contribution is -2.36. The Morgan fingerprint density at radius 1 is 1.24 bits per heavy atom. The van der Waals surface area contributed by atoms with E-state index in [0.29, 0.717) is 41.3 Å². The molecule has 1 N–H and O–H groups in total. The predicted molar refractivity (Wildman–Crippen MR) is 105 cm³/mol. The van der Waals surface area contributed by atoms with Crippen LogP contribution in [0.25, 0.3) is 10.9 Å². The molecule has 1 amide bonds. The largest absolute Gasteiger partial charge is 0.395 e. The molecule has 5 rings (SSSR count). The maximum atomic E-state index is 13.1. The topological polar surface area (TPSA) is 101 Å². The van der Waals surface area contributed by atoms with Gasteiger partial charge in [-0.1, -0.05) is 17.3 Å². The van der Waals surface area contributed by atoms with E-state index in [9.17, 15) is 14.7 Å². The van der Waals surface area contributed by atoms with Crippen molar-refractivity contribution in [3.8, 4) is 0 Å². The number of nitrogens with zero attached hydrogens (tertiary/aromatic N) is 4. The Morgan fingerprint density at radius 2 is 2.07 bits per heavy atom. The van der Waals surface area contributed by atoms with E-state index < -0.39 is 0 Å². The quantitative estimate of drug-likeness (QED) is 0.712. The lowest BCUT2D eigenvalue weighted by Gasteiger charge is -2.26. The van der Waals surface area contributed by atoms with Crippen LogP contribution in [0.5, 0.6) is 0 Å². The highest BCUT2D eigenvalue weighted by Gasteiger charge is 2.36. The van der Waals surface area contributed by atoms with E-state index in [-0.39, 0.29) is 30.7 Å². The van der Waals surface area contributed by atoms with Gasteiger partial charge in [-0.2, -0.15) is 0 Å². The first-order valence-electron chi connectivity index (χ1n) is 10.1. The number of carbonyl (C=O) groups excluding carboxylic acids is 1. The molecular weight excluding hydrogens is 372 g/mol. The van der Waals surface area contributed by atoms with Gasteiger partial charge >= 0.3 is 0 Å². The molecule has 1 aliphatic heterocycles. The van der Waals surface area contributed by atoms with E-state index in [1.54, 1.807) is 29.2 Å². The Labute approximate surface area is 166 Å². The molecule has 29 heavy (non-hydrogen) atoms. The summed E-state index contributed by atoms with van der Waals surface area (Å²) in [5.74, 6) is 1.46. The van der Waals surface area contributed by atoms with Crippen molar-refractivity contribution in [3.05, 3.63) is 58.0 Å². The Hall–Kier alpha value is -3.00. The van der Waals surface area contributed by atoms with Gasteiger partial charge in [0.2, 0.25) is 0 Å². The summed E-state index contributed by atoms with van der Waals surface area (Å²) in [7, 11) is 0. The Morgan fingerprint density at radius 3 is 2.86 bits per heavy atom. The van der Waals surface area contributed by atoms with Crippen molar-refractivity contribution in [2.75, 3.05) is 13.2 Å². The number of likely N-dealkylation sites (tertiary alicyclic amines) is 1. The molecule has 1 atom stereocenters. The Bertz CT molecular complexity index is 1130. The summed E-state index contributed by atoms with van der Waals surface area (Å²) in [4.78, 5) is 32.6. The van der Waals surface area contributed by atoms with Crippen molar-refractivity contribution in [2.45, 2.75) is 44.2 Å². The normalized spacial score (nSPS) is 19.2. The van der Waals surface area contributed by atoms with Crippen molar-refractivity contribution >= 4 is 16.8 Å². The molecule has 1 unspecified atom stereocenters. The second-order valence-corrected chi connectivity index (χ2v) is 7.71. The van der Waals surface area contributed by atoms with Gasteiger partial charge in [0.25, 0.3) is 11.5 Å². The lowest BCUT2D eigenvalue weighted by atomic mass is 10.1.